The number of methoxy groups -OCH3 is 1. The molecule has 2 fully saturated rings. The molecule has 1 aromatic heterocycles. The minimum Gasteiger partial charge on any atom is -0.481 e. The molecule has 2 saturated heterocycles. The lowest BCUT2D eigenvalue weighted by molar-refractivity contribution is -0.123. The number of anilines is 1. The molecular weight excluding hydrogens is 310 g/mol. The van der Waals surface area contributed by atoms with Gasteiger partial charge in [0.05, 0.1) is 37.6 Å². The van der Waals surface area contributed by atoms with Crippen molar-refractivity contribution in [3.63, 3.8) is 0 Å². The van der Waals surface area contributed by atoms with Gasteiger partial charge in [-0.05, 0) is 25.8 Å². The van der Waals surface area contributed by atoms with Crippen molar-refractivity contribution in [1.82, 2.24) is 9.88 Å². The van der Waals surface area contributed by atoms with E-state index < -0.39 is 0 Å². The van der Waals surface area contributed by atoms with Crippen LogP contribution < -0.4 is 9.64 Å². The molecular formula is C17H23N3O4. The minimum atomic E-state index is -0.373. The molecule has 0 bridgehead atoms. The number of aromatic nitrogens is 1. The Morgan fingerprint density at radius 1 is 1.25 bits per heavy atom. The first-order chi connectivity index (χ1) is 11.6. The first-order valence-electron chi connectivity index (χ1n) is 8.36. The van der Waals surface area contributed by atoms with Crippen LogP contribution in [0.3, 0.4) is 0 Å². The van der Waals surface area contributed by atoms with Crippen molar-refractivity contribution in [3.05, 3.63) is 18.3 Å². The van der Waals surface area contributed by atoms with Gasteiger partial charge in [-0.15, -0.1) is 0 Å². The summed E-state index contributed by atoms with van der Waals surface area (Å²) in [5.41, 5.74) is 0.498. The van der Waals surface area contributed by atoms with Crippen molar-refractivity contribution < 1.29 is 19.1 Å². The summed E-state index contributed by atoms with van der Waals surface area (Å²) in [4.78, 5) is 32.5. The molecule has 130 valence electrons. The number of pyridine rings is 1. The Morgan fingerprint density at radius 3 is 2.58 bits per heavy atom. The normalized spacial score (nSPS) is 23.1. The van der Waals surface area contributed by atoms with E-state index in [1.165, 1.54) is 18.2 Å². The highest BCUT2D eigenvalue weighted by Crippen LogP contribution is 2.28. The zero-order chi connectivity index (χ0) is 17.1. The average Bonchev–Trinajstić information content (AvgIpc) is 2.90. The predicted octanol–water partition coefficient (Wildman–Crippen LogP) is 1.22. The van der Waals surface area contributed by atoms with Crippen LogP contribution in [0.2, 0.25) is 0 Å². The highest BCUT2D eigenvalue weighted by Gasteiger charge is 2.43. The van der Waals surface area contributed by atoms with Crippen LogP contribution in [0.4, 0.5) is 5.69 Å². The van der Waals surface area contributed by atoms with Crippen molar-refractivity contribution in [2.24, 2.45) is 0 Å². The Kier molecular flexibility index (Phi) is 5.11. The SMILES string of the molecule is CCOC1CCN(C2CC(=O)N(c3ccc(OC)nc3)C2=O)CC1. The maximum absolute atomic E-state index is 12.8. The number of carbonyl (C=O) groups excluding carboxylic acids is 2. The number of imide groups is 1. The monoisotopic (exact) mass is 333 g/mol. The van der Waals surface area contributed by atoms with Gasteiger partial charge < -0.3 is 9.47 Å². The lowest BCUT2D eigenvalue weighted by Gasteiger charge is -2.34. The third kappa shape index (κ3) is 3.27. The van der Waals surface area contributed by atoms with E-state index in [2.05, 4.69) is 9.88 Å². The molecule has 1 atom stereocenters. The second-order valence-corrected chi connectivity index (χ2v) is 6.04. The van der Waals surface area contributed by atoms with Gasteiger partial charge in [0.2, 0.25) is 11.8 Å². The van der Waals surface area contributed by atoms with Crippen molar-refractivity contribution >= 4 is 17.5 Å². The molecule has 0 aromatic carbocycles. The van der Waals surface area contributed by atoms with E-state index in [1.54, 1.807) is 12.1 Å². The van der Waals surface area contributed by atoms with E-state index in [-0.39, 0.29) is 30.4 Å². The predicted molar refractivity (Wildman–Crippen MR) is 87.9 cm³/mol. The van der Waals surface area contributed by atoms with Crippen LogP contribution in [0.25, 0.3) is 0 Å². The minimum absolute atomic E-state index is 0.165. The lowest BCUT2D eigenvalue weighted by atomic mass is 10.0. The molecule has 2 amide bonds. The fraction of sp³-hybridized carbons (Fsp3) is 0.588. The summed E-state index contributed by atoms with van der Waals surface area (Å²) in [6.45, 7) is 4.27. The van der Waals surface area contributed by atoms with E-state index in [0.29, 0.717) is 18.2 Å². The number of carbonyl (C=O) groups is 2. The zero-order valence-electron chi connectivity index (χ0n) is 14.1. The Morgan fingerprint density at radius 2 is 2.00 bits per heavy atom. The number of hydrogen-bond donors (Lipinski definition) is 0. The van der Waals surface area contributed by atoms with Crippen molar-refractivity contribution in [2.75, 3.05) is 31.7 Å². The van der Waals surface area contributed by atoms with Crippen LogP contribution in [-0.4, -0.2) is 60.7 Å². The summed E-state index contributed by atoms with van der Waals surface area (Å²) in [5, 5.41) is 0. The molecule has 7 heteroatoms. The van der Waals surface area contributed by atoms with Crippen molar-refractivity contribution in [3.8, 4) is 5.88 Å². The fourth-order valence-corrected chi connectivity index (χ4v) is 3.39. The van der Waals surface area contributed by atoms with Crippen LogP contribution in [-0.2, 0) is 14.3 Å². The fourth-order valence-electron chi connectivity index (χ4n) is 3.39. The van der Waals surface area contributed by atoms with E-state index in [9.17, 15) is 9.59 Å². The summed E-state index contributed by atoms with van der Waals surface area (Å²) in [6.07, 6.45) is 3.79. The average molecular weight is 333 g/mol. The second-order valence-electron chi connectivity index (χ2n) is 6.04. The Labute approximate surface area is 141 Å². The number of nitrogens with zero attached hydrogens (tertiary/aromatic N) is 3. The van der Waals surface area contributed by atoms with Crippen molar-refractivity contribution in [2.45, 2.75) is 38.3 Å². The maximum Gasteiger partial charge on any atom is 0.251 e. The summed E-state index contributed by atoms with van der Waals surface area (Å²) in [7, 11) is 1.52. The van der Waals surface area contributed by atoms with Crippen LogP contribution in [0.15, 0.2) is 18.3 Å². The third-order valence-corrected chi connectivity index (χ3v) is 4.63. The van der Waals surface area contributed by atoms with Gasteiger partial charge in [0, 0.05) is 25.8 Å². The van der Waals surface area contributed by atoms with Crippen LogP contribution >= 0.6 is 0 Å². The molecule has 0 saturated carbocycles. The number of hydrogen-bond acceptors (Lipinski definition) is 6. The summed E-state index contributed by atoms with van der Waals surface area (Å²) in [6, 6.07) is 2.96. The van der Waals surface area contributed by atoms with Gasteiger partial charge in [0.1, 0.15) is 0 Å². The number of amides is 2. The van der Waals surface area contributed by atoms with Gasteiger partial charge >= 0.3 is 0 Å². The maximum atomic E-state index is 12.8. The number of rotatable bonds is 5. The van der Waals surface area contributed by atoms with Crippen LogP contribution in [0.5, 0.6) is 5.88 Å². The molecule has 7 nitrogen and oxygen atoms in total. The molecule has 0 radical (unpaired) electrons. The van der Waals surface area contributed by atoms with Crippen LogP contribution in [0, 0.1) is 0 Å². The molecule has 2 aliphatic heterocycles. The zero-order valence-corrected chi connectivity index (χ0v) is 14.1. The number of ether oxygens (including phenoxy) is 2. The largest absolute Gasteiger partial charge is 0.481 e. The van der Waals surface area contributed by atoms with Gasteiger partial charge in [-0.1, -0.05) is 0 Å². The molecule has 3 heterocycles. The van der Waals surface area contributed by atoms with Crippen molar-refractivity contribution in [1.29, 1.82) is 0 Å². The Balaban J connectivity index is 1.68. The summed E-state index contributed by atoms with van der Waals surface area (Å²) in [5.74, 6) is 0.109. The highest BCUT2D eigenvalue weighted by molar-refractivity contribution is 6.22. The van der Waals surface area contributed by atoms with E-state index >= 15 is 0 Å². The van der Waals surface area contributed by atoms with Gasteiger partial charge in [-0.3, -0.25) is 14.5 Å². The first kappa shape index (κ1) is 16.9. The molecule has 1 aromatic rings. The highest BCUT2D eigenvalue weighted by atomic mass is 16.5. The standard InChI is InChI=1S/C17H23N3O4/c1-3-24-13-6-8-19(9-7-13)14-10-16(21)20(17(14)22)12-4-5-15(23-2)18-11-12/h4-5,11,13-14H,3,6-10H2,1-2H3. The molecule has 24 heavy (non-hydrogen) atoms. The first-order valence-corrected chi connectivity index (χ1v) is 8.36. The van der Waals surface area contributed by atoms with Gasteiger partial charge in [-0.2, -0.15) is 0 Å². The third-order valence-electron chi connectivity index (χ3n) is 4.63. The van der Waals surface area contributed by atoms with Gasteiger partial charge in [0.15, 0.2) is 0 Å². The summed E-state index contributed by atoms with van der Waals surface area (Å²) < 4.78 is 10.7. The van der Waals surface area contributed by atoms with Gasteiger partial charge in [0.25, 0.3) is 5.91 Å². The smallest absolute Gasteiger partial charge is 0.251 e. The molecule has 1 unspecified atom stereocenters. The van der Waals surface area contributed by atoms with E-state index in [1.807, 2.05) is 6.92 Å². The molecule has 0 N–H and O–H groups in total. The molecule has 0 aliphatic carbocycles. The van der Waals surface area contributed by atoms with Gasteiger partial charge in [-0.25, -0.2) is 9.88 Å². The number of likely N-dealkylation sites (tertiary alicyclic amines) is 1. The number of piperidine rings is 1. The topological polar surface area (TPSA) is 72.0 Å². The quantitative estimate of drug-likeness (QED) is 0.755. The molecule has 2 aliphatic rings. The van der Waals surface area contributed by atoms with E-state index in [0.717, 1.165) is 25.9 Å². The Bertz CT molecular complexity index is 596. The Hall–Kier alpha value is -1.99. The van der Waals surface area contributed by atoms with Crippen LogP contribution in [0.1, 0.15) is 26.2 Å². The summed E-state index contributed by atoms with van der Waals surface area (Å²) >= 11 is 0. The second kappa shape index (κ2) is 7.27. The molecule has 0 spiro atoms. The molecule has 3 rings (SSSR count). The lowest BCUT2D eigenvalue weighted by Crippen LogP contribution is -2.47. The van der Waals surface area contributed by atoms with E-state index in [4.69, 9.17) is 9.47 Å².